The van der Waals surface area contributed by atoms with E-state index in [0.717, 1.165) is 19.6 Å². The minimum Gasteiger partial charge on any atom is -0.489 e. The highest BCUT2D eigenvalue weighted by molar-refractivity contribution is 6.32. The summed E-state index contributed by atoms with van der Waals surface area (Å²) in [6, 6.07) is 4.90. The van der Waals surface area contributed by atoms with Crippen molar-refractivity contribution >= 4 is 17.6 Å². The molecule has 1 N–H and O–H groups in total. The van der Waals surface area contributed by atoms with E-state index >= 15 is 0 Å². The summed E-state index contributed by atoms with van der Waals surface area (Å²) in [6.07, 6.45) is 0.0205. The molecule has 6 heteroatoms. The van der Waals surface area contributed by atoms with Gasteiger partial charge in [-0.3, -0.25) is 9.69 Å². The molecule has 128 valence electrons. The zero-order chi connectivity index (χ0) is 17.1. The van der Waals surface area contributed by atoms with Crippen molar-refractivity contribution in [1.82, 2.24) is 9.80 Å². The molecule has 5 nitrogen and oxygen atoms in total. The van der Waals surface area contributed by atoms with Gasteiger partial charge in [-0.25, -0.2) is 0 Å². The molecule has 0 aliphatic carbocycles. The molecule has 1 aromatic carbocycles. The minimum absolute atomic E-state index is 0.0205. The Kier molecular flexibility index (Phi) is 5.89. The molecule has 1 heterocycles. The Labute approximate surface area is 142 Å². The molecular weight excluding hydrogens is 316 g/mol. The fourth-order valence-corrected chi connectivity index (χ4v) is 3.09. The summed E-state index contributed by atoms with van der Waals surface area (Å²) in [4.78, 5) is 16.1. The SMILES string of the molecule is CC(C)Oc1ccc(C(C(=O)O)N2CCN(C)C(C)C2)cc1Cl. The van der Waals surface area contributed by atoms with E-state index in [9.17, 15) is 9.90 Å². The Morgan fingerprint density at radius 2 is 2.09 bits per heavy atom. The molecule has 0 amide bonds. The molecule has 0 aromatic heterocycles. The van der Waals surface area contributed by atoms with E-state index in [4.69, 9.17) is 16.3 Å². The van der Waals surface area contributed by atoms with Crippen molar-refractivity contribution in [2.45, 2.75) is 39.0 Å². The molecule has 0 spiro atoms. The van der Waals surface area contributed by atoms with Gasteiger partial charge in [0.05, 0.1) is 11.1 Å². The maximum absolute atomic E-state index is 11.8. The second-order valence-corrected chi connectivity index (χ2v) is 6.83. The molecule has 2 rings (SSSR count). The molecule has 0 saturated carbocycles. The normalized spacial score (nSPS) is 21.4. The van der Waals surface area contributed by atoms with E-state index in [1.807, 2.05) is 18.7 Å². The Morgan fingerprint density at radius 3 is 2.61 bits per heavy atom. The third-order valence-electron chi connectivity index (χ3n) is 4.22. The summed E-state index contributed by atoms with van der Waals surface area (Å²) < 4.78 is 5.62. The van der Waals surface area contributed by atoms with Crippen molar-refractivity contribution in [2.24, 2.45) is 0 Å². The summed E-state index contributed by atoms with van der Waals surface area (Å²) in [6.45, 7) is 8.26. The summed E-state index contributed by atoms with van der Waals surface area (Å²) in [5, 5.41) is 10.2. The smallest absolute Gasteiger partial charge is 0.325 e. The van der Waals surface area contributed by atoms with Gasteiger partial charge in [0, 0.05) is 25.7 Å². The number of halogens is 1. The topological polar surface area (TPSA) is 53.0 Å². The summed E-state index contributed by atoms with van der Waals surface area (Å²) in [5.41, 5.74) is 0.690. The van der Waals surface area contributed by atoms with Crippen LogP contribution in [0.5, 0.6) is 5.75 Å². The standard InChI is InChI=1S/C17H25ClN2O3/c1-11(2)23-15-6-5-13(9-14(15)18)16(17(21)22)20-8-7-19(4)12(3)10-20/h5-6,9,11-12,16H,7-8,10H2,1-4H3,(H,21,22). The molecule has 1 fully saturated rings. The van der Waals surface area contributed by atoms with Gasteiger partial charge >= 0.3 is 5.97 Å². The average molecular weight is 341 g/mol. The lowest BCUT2D eigenvalue weighted by atomic mass is 10.0. The van der Waals surface area contributed by atoms with Crippen LogP contribution >= 0.6 is 11.6 Å². The molecule has 1 aliphatic rings. The van der Waals surface area contributed by atoms with Crippen LogP contribution in [0.2, 0.25) is 5.02 Å². The van der Waals surface area contributed by atoms with Gasteiger partial charge in [-0.15, -0.1) is 0 Å². The lowest BCUT2D eigenvalue weighted by Gasteiger charge is -2.40. The number of hydrogen-bond donors (Lipinski definition) is 1. The van der Waals surface area contributed by atoms with Crippen LogP contribution < -0.4 is 4.74 Å². The lowest BCUT2D eigenvalue weighted by molar-refractivity contribution is -0.144. The quantitative estimate of drug-likeness (QED) is 0.893. The van der Waals surface area contributed by atoms with Crippen LogP contribution in [0.15, 0.2) is 18.2 Å². The average Bonchev–Trinajstić information content (AvgIpc) is 2.45. The number of nitrogens with zero attached hydrogens (tertiary/aromatic N) is 2. The van der Waals surface area contributed by atoms with E-state index in [0.29, 0.717) is 22.4 Å². The van der Waals surface area contributed by atoms with E-state index in [1.54, 1.807) is 18.2 Å². The highest BCUT2D eigenvalue weighted by Crippen LogP contribution is 2.31. The van der Waals surface area contributed by atoms with Crippen molar-refractivity contribution in [3.05, 3.63) is 28.8 Å². The second kappa shape index (κ2) is 7.51. The first-order valence-corrected chi connectivity index (χ1v) is 8.30. The number of aliphatic carboxylic acids is 1. The van der Waals surface area contributed by atoms with Gasteiger partial charge in [0.15, 0.2) is 0 Å². The van der Waals surface area contributed by atoms with Crippen molar-refractivity contribution < 1.29 is 14.6 Å². The van der Waals surface area contributed by atoms with Gasteiger partial charge in [-0.2, -0.15) is 0 Å². The predicted octanol–water partition coefficient (Wildman–Crippen LogP) is 2.89. The molecular formula is C17H25ClN2O3. The van der Waals surface area contributed by atoms with Crippen LogP contribution in [0.1, 0.15) is 32.4 Å². The zero-order valence-electron chi connectivity index (χ0n) is 14.1. The molecule has 1 aromatic rings. The molecule has 23 heavy (non-hydrogen) atoms. The summed E-state index contributed by atoms with van der Waals surface area (Å²) in [5.74, 6) is -0.267. The van der Waals surface area contributed by atoms with Gasteiger partial charge in [-0.05, 0) is 45.5 Å². The predicted molar refractivity (Wildman–Crippen MR) is 91.3 cm³/mol. The van der Waals surface area contributed by atoms with Crippen molar-refractivity contribution in [1.29, 1.82) is 0 Å². The number of carbonyl (C=O) groups is 1. The van der Waals surface area contributed by atoms with Crippen LogP contribution in [-0.2, 0) is 4.79 Å². The number of carboxylic acids is 1. The third-order valence-corrected chi connectivity index (χ3v) is 4.52. The summed E-state index contributed by atoms with van der Waals surface area (Å²) in [7, 11) is 2.06. The Morgan fingerprint density at radius 1 is 1.39 bits per heavy atom. The van der Waals surface area contributed by atoms with Gasteiger partial charge in [0.2, 0.25) is 0 Å². The van der Waals surface area contributed by atoms with Gasteiger partial charge in [-0.1, -0.05) is 17.7 Å². The van der Waals surface area contributed by atoms with Crippen LogP contribution in [0, 0.1) is 0 Å². The number of piperazine rings is 1. The largest absolute Gasteiger partial charge is 0.489 e. The number of rotatable bonds is 5. The van der Waals surface area contributed by atoms with Crippen LogP contribution in [0.25, 0.3) is 0 Å². The van der Waals surface area contributed by atoms with Crippen LogP contribution in [0.4, 0.5) is 0 Å². The minimum atomic E-state index is -0.852. The number of hydrogen-bond acceptors (Lipinski definition) is 4. The first-order chi connectivity index (χ1) is 10.8. The molecule has 2 unspecified atom stereocenters. The van der Waals surface area contributed by atoms with E-state index in [1.165, 1.54) is 0 Å². The van der Waals surface area contributed by atoms with E-state index in [-0.39, 0.29) is 6.10 Å². The van der Waals surface area contributed by atoms with Gasteiger partial charge in [0.1, 0.15) is 11.8 Å². The Balaban J connectivity index is 2.24. The van der Waals surface area contributed by atoms with E-state index < -0.39 is 12.0 Å². The number of ether oxygens (including phenoxy) is 1. The molecule has 0 radical (unpaired) electrons. The number of carboxylic acid groups (broad SMARTS) is 1. The molecule has 1 aliphatic heterocycles. The summed E-state index contributed by atoms with van der Waals surface area (Å²) >= 11 is 6.27. The first kappa shape index (κ1) is 18.0. The lowest BCUT2D eigenvalue weighted by Crippen LogP contribution is -2.52. The van der Waals surface area contributed by atoms with Crippen LogP contribution in [-0.4, -0.2) is 59.7 Å². The Hall–Kier alpha value is -1.30. The van der Waals surface area contributed by atoms with Gasteiger partial charge < -0.3 is 14.7 Å². The fourth-order valence-electron chi connectivity index (χ4n) is 2.86. The number of likely N-dealkylation sites (N-methyl/N-ethyl adjacent to an activating group) is 1. The van der Waals surface area contributed by atoms with Crippen molar-refractivity contribution in [2.75, 3.05) is 26.7 Å². The maximum atomic E-state index is 11.8. The first-order valence-electron chi connectivity index (χ1n) is 7.92. The highest BCUT2D eigenvalue weighted by Gasteiger charge is 2.32. The van der Waals surface area contributed by atoms with E-state index in [2.05, 4.69) is 18.9 Å². The molecule has 1 saturated heterocycles. The number of benzene rings is 1. The third kappa shape index (κ3) is 4.37. The Bertz CT molecular complexity index is 565. The monoisotopic (exact) mass is 340 g/mol. The maximum Gasteiger partial charge on any atom is 0.325 e. The van der Waals surface area contributed by atoms with Gasteiger partial charge in [0.25, 0.3) is 0 Å². The second-order valence-electron chi connectivity index (χ2n) is 6.42. The highest BCUT2D eigenvalue weighted by atomic mass is 35.5. The fraction of sp³-hybridized carbons (Fsp3) is 0.588. The zero-order valence-corrected chi connectivity index (χ0v) is 14.9. The van der Waals surface area contributed by atoms with Crippen molar-refractivity contribution in [3.8, 4) is 5.75 Å². The van der Waals surface area contributed by atoms with Crippen molar-refractivity contribution in [3.63, 3.8) is 0 Å². The van der Waals surface area contributed by atoms with Crippen LogP contribution in [0.3, 0.4) is 0 Å². The molecule has 0 bridgehead atoms. The molecule has 2 atom stereocenters.